The molecular weight excluding hydrogens is 202 g/mol. The first-order valence-corrected chi connectivity index (χ1v) is 5.46. The van der Waals surface area contributed by atoms with E-state index in [1.807, 2.05) is 26.0 Å². The van der Waals surface area contributed by atoms with Crippen molar-refractivity contribution in [1.29, 1.82) is 5.26 Å². The normalized spacial score (nSPS) is 25.2. The Labute approximate surface area is 95.5 Å². The highest BCUT2D eigenvalue weighted by Crippen LogP contribution is 2.22. The van der Waals surface area contributed by atoms with Gasteiger partial charge in [-0.05, 0) is 26.0 Å². The Morgan fingerprint density at radius 3 is 2.75 bits per heavy atom. The number of pyridine rings is 1. The number of nitriles is 1. The van der Waals surface area contributed by atoms with Crippen LogP contribution < -0.4 is 4.90 Å². The maximum absolute atomic E-state index is 9.01. The summed E-state index contributed by atoms with van der Waals surface area (Å²) in [6.45, 7) is 5.71. The van der Waals surface area contributed by atoms with E-state index in [2.05, 4.69) is 16.0 Å². The van der Waals surface area contributed by atoms with Crippen LogP contribution in [-0.2, 0) is 4.74 Å². The van der Waals surface area contributed by atoms with Crippen LogP contribution in [0.25, 0.3) is 0 Å². The summed E-state index contributed by atoms with van der Waals surface area (Å²) in [5, 5.41) is 9.01. The number of rotatable bonds is 1. The molecule has 0 amide bonds. The number of anilines is 1. The molecule has 0 N–H and O–H groups in total. The van der Waals surface area contributed by atoms with Gasteiger partial charge in [-0.2, -0.15) is 5.26 Å². The molecule has 0 radical (unpaired) electrons. The lowest BCUT2D eigenvalue weighted by atomic mass is 10.2. The first-order valence-electron chi connectivity index (χ1n) is 5.46. The summed E-state index contributed by atoms with van der Waals surface area (Å²) in [5.74, 6) is 0. The largest absolute Gasteiger partial charge is 0.372 e. The molecule has 2 atom stereocenters. The van der Waals surface area contributed by atoms with Gasteiger partial charge in [0, 0.05) is 19.3 Å². The molecule has 0 spiro atoms. The van der Waals surface area contributed by atoms with Crippen LogP contribution in [0.4, 0.5) is 5.69 Å². The van der Waals surface area contributed by atoms with Gasteiger partial charge < -0.3 is 9.64 Å². The first kappa shape index (κ1) is 10.9. The highest BCUT2D eigenvalue weighted by molar-refractivity contribution is 5.56. The van der Waals surface area contributed by atoms with E-state index in [1.165, 1.54) is 0 Å². The molecule has 1 aromatic heterocycles. The van der Waals surface area contributed by atoms with Crippen LogP contribution in [0.2, 0.25) is 0 Å². The highest BCUT2D eigenvalue weighted by atomic mass is 16.5. The smallest absolute Gasteiger partial charge is 0.163 e. The van der Waals surface area contributed by atoms with Crippen molar-refractivity contribution in [1.82, 2.24) is 4.98 Å². The fourth-order valence-corrected chi connectivity index (χ4v) is 2.11. The van der Waals surface area contributed by atoms with E-state index in [0.29, 0.717) is 5.69 Å². The predicted molar refractivity (Wildman–Crippen MR) is 61.2 cm³/mol. The number of morpholine rings is 1. The number of hydrogen-bond donors (Lipinski definition) is 0. The molecule has 0 bridgehead atoms. The van der Waals surface area contributed by atoms with Crippen molar-refractivity contribution in [2.75, 3.05) is 18.0 Å². The Hall–Kier alpha value is -1.60. The maximum atomic E-state index is 9.01. The Bertz CT molecular complexity index is 403. The van der Waals surface area contributed by atoms with Gasteiger partial charge in [0.25, 0.3) is 0 Å². The van der Waals surface area contributed by atoms with Crippen LogP contribution in [0.5, 0.6) is 0 Å². The number of hydrogen-bond acceptors (Lipinski definition) is 4. The molecule has 2 heterocycles. The van der Waals surface area contributed by atoms with Crippen molar-refractivity contribution in [2.45, 2.75) is 26.1 Å². The fourth-order valence-electron chi connectivity index (χ4n) is 2.11. The van der Waals surface area contributed by atoms with Gasteiger partial charge in [-0.25, -0.2) is 4.98 Å². The van der Waals surface area contributed by atoms with Crippen molar-refractivity contribution in [3.8, 4) is 6.07 Å². The lowest BCUT2D eigenvalue weighted by Crippen LogP contribution is -2.45. The average Bonchev–Trinajstić information content (AvgIpc) is 2.27. The minimum absolute atomic E-state index is 0.190. The lowest BCUT2D eigenvalue weighted by molar-refractivity contribution is -0.00524. The number of aromatic nitrogens is 1. The SMILES string of the molecule is CC1CN(c2cccnc2C#N)CC(C)O1. The summed E-state index contributed by atoms with van der Waals surface area (Å²) < 4.78 is 5.67. The van der Waals surface area contributed by atoms with Crippen molar-refractivity contribution < 1.29 is 4.74 Å². The van der Waals surface area contributed by atoms with Crippen LogP contribution in [0, 0.1) is 11.3 Å². The van der Waals surface area contributed by atoms with E-state index in [4.69, 9.17) is 10.00 Å². The summed E-state index contributed by atoms with van der Waals surface area (Å²) in [5.41, 5.74) is 1.40. The Morgan fingerprint density at radius 2 is 2.12 bits per heavy atom. The van der Waals surface area contributed by atoms with Gasteiger partial charge in [-0.1, -0.05) is 0 Å². The molecule has 84 valence electrons. The molecule has 0 aliphatic carbocycles. The highest BCUT2D eigenvalue weighted by Gasteiger charge is 2.24. The van der Waals surface area contributed by atoms with Gasteiger partial charge in [-0.3, -0.25) is 0 Å². The minimum Gasteiger partial charge on any atom is -0.372 e. The molecule has 1 aliphatic rings. The van der Waals surface area contributed by atoms with Crippen LogP contribution in [0.15, 0.2) is 18.3 Å². The molecule has 1 saturated heterocycles. The third-order valence-corrected chi connectivity index (χ3v) is 2.65. The van der Waals surface area contributed by atoms with E-state index in [1.54, 1.807) is 6.20 Å². The van der Waals surface area contributed by atoms with Crippen molar-refractivity contribution in [3.05, 3.63) is 24.0 Å². The molecular formula is C12H15N3O. The summed E-state index contributed by atoms with van der Waals surface area (Å²) in [7, 11) is 0. The molecule has 4 heteroatoms. The average molecular weight is 217 g/mol. The van der Waals surface area contributed by atoms with E-state index in [9.17, 15) is 0 Å². The summed E-state index contributed by atoms with van der Waals surface area (Å²) in [6, 6.07) is 5.93. The molecule has 1 aromatic rings. The fraction of sp³-hybridized carbons (Fsp3) is 0.500. The van der Waals surface area contributed by atoms with Crippen molar-refractivity contribution in [3.63, 3.8) is 0 Å². The Balaban J connectivity index is 2.26. The van der Waals surface area contributed by atoms with Gasteiger partial charge in [0.05, 0.1) is 17.9 Å². The van der Waals surface area contributed by atoms with Crippen molar-refractivity contribution >= 4 is 5.69 Å². The zero-order valence-corrected chi connectivity index (χ0v) is 9.55. The van der Waals surface area contributed by atoms with E-state index < -0.39 is 0 Å². The molecule has 16 heavy (non-hydrogen) atoms. The Morgan fingerprint density at radius 1 is 1.44 bits per heavy atom. The van der Waals surface area contributed by atoms with E-state index in [0.717, 1.165) is 18.8 Å². The van der Waals surface area contributed by atoms with Crippen LogP contribution in [-0.4, -0.2) is 30.3 Å². The lowest BCUT2D eigenvalue weighted by Gasteiger charge is -2.36. The van der Waals surface area contributed by atoms with E-state index in [-0.39, 0.29) is 12.2 Å². The van der Waals surface area contributed by atoms with E-state index >= 15 is 0 Å². The molecule has 0 aromatic carbocycles. The van der Waals surface area contributed by atoms with Crippen LogP contribution in [0.3, 0.4) is 0 Å². The Kier molecular flexibility index (Phi) is 3.07. The molecule has 1 fully saturated rings. The third-order valence-electron chi connectivity index (χ3n) is 2.65. The van der Waals surface area contributed by atoms with Gasteiger partial charge in [-0.15, -0.1) is 0 Å². The third kappa shape index (κ3) is 2.15. The van der Waals surface area contributed by atoms with Gasteiger partial charge in [0.2, 0.25) is 0 Å². The standard InChI is InChI=1S/C12H15N3O/c1-9-7-15(8-10(2)16-9)12-4-3-5-14-11(12)6-13/h3-5,9-10H,7-8H2,1-2H3. The zero-order chi connectivity index (χ0) is 11.5. The van der Waals surface area contributed by atoms with Gasteiger partial charge >= 0.3 is 0 Å². The van der Waals surface area contributed by atoms with Gasteiger partial charge in [0.15, 0.2) is 5.69 Å². The maximum Gasteiger partial charge on any atom is 0.163 e. The topological polar surface area (TPSA) is 49.2 Å². The summed E-state index contributed by atoms with van der Waals surface area (Å²) in [6.07, 6.45) is 2.03. The monoisotopic (exact) mass is 217 g/mol. The van der Waals surface area contributed by atoms with Crippen LogP contribution in [0.1, 0.15) is 19.5 Å². The quantitative estimate of drug-likeness (QED) is 0.716. The summed E-state index contributed by atoms with van der Waals surface area (Å²) in [4.78, 5) is 6.25. The van der Waals surface area contributed by atoms with Crippen LogP contribution >= 0.6 is 0 Å². The molecule has 2 unspecified atom stereocenters. The first-order chi connectivity index (χ1) is 7.70. The van der Waals surface area contributed by atoms with Crippen molar-refractivity contribution in [2.24, 2.45) is 0 Å². The second kappa shape index (κ2) is 4.50. The molecule has 2 rings (SSSR count). The molecule has 4 nitrogen and oxygen atoms in total. The molecule has 0 saturated carbocycles. The second-order valence-corrected chi connectivity index (χ2v) is 4.15. The summed E-state index contributed by atoms with van der Waals surface area (Å²) >= 11 is 0. The predicted octanol–water partition coefficient (Wildman–Crippen LogP) is 1.57. The number of nitrogens with zero attached hydrogens (tertiary/aromatic N) is 3. The number of ether oxygens (including phenoxy) is 1. The molecule has 1 aliphatic heterocycles. The van der Waals surface area contributed by atoms with Gasteiger partial charge in [0.1, 0.15) is 6.07 Å². The second-order valence-electron chi connectivity index (χ2n) is 4.15. The minimum atomic E-state index is 0.190. The zero-order valence-electron chi connectivity index (χ0n) is 9.55.